The zero-order chi connectivity index (χ0) is 22.9. The number of carbonyl (C=O) groups excluding carboxylic acids is 1. The van der Waals surface area contributed by atoms with E-state index < -0.39 is 0 Å². The number of amides is 1. The van der Waals surface area contributed by atoms with Crippen molar-refractivity contribution in [3.8, 4) is 0 Å². The minimum Gasteiger partial charge on any atom is -0.368 e. The van der Waals surface area contributed by atoms with Crippen LogP contribution in [0, 0.1) is 0 Å². The largest absolute Gasteiger partial charge is 0.368 e. The molecular formula is C26H35N5O2. The van der Waals surface area contributed by atoms with Crippen molar-refractivity contribution < 1.29 is 9.53 Å². The molecule has 2 heterocycles. The Kier molecular flexibility index (Phi) is 8.33. The third-order valence-corrected chi connectivity index (χ3v) is 6.33. The zero-order valence-corrected chi connectivity index (χ0v) is 19.4. The van der Waals surface area contributed by atoms with E-state index in [0.29, 0.717) is 19.2 Å². The normalized spacial score (nSPS) is 21.2. The number of rotatable bonds is 8. The summed E-state index contributed by atoms with van der Waals surface area (Å²) in [5.41, 5.74) is 3.23. The number of likely N-dealkylation sites (tertiary alicyclic amines) is 1. The second-order valence-electron chi connectivity index (χ2n) is 8.75. The Labute approximate surface area is 196 Å². The van der Waals surface area contributed by atoms with Gasteiger partial charge < -0.3 is 20.7 Å². The number of anilines is 1. The van der Waals surface area contributed by atoms with Gasteiger partial charge in [0.05, 0.1) is 0 Å². The molecule has 0 radical (unpaired) electrons. The van der Waals surface area contributed by atoms with E-state index in [1.165, 1.54) is 18.4 Å². The molecule has 2 aromatic rings. The fourth-order valence-corrected chi connectivity index (χ4v) is 4.54. The van der Waals surface area contributed by atoms with E-state index in [2.05, 4.69) is 56.2 Å². The second kappa shape index (κ2) is 11.8. The Hall–Kier alpha value is -2.90. The Bertz CT molecular complexity index is 927. The van der Waals surface area contributed by atoms with E-state index in [1.807, 2.05) is 24.3 Å². The molecule has 33 heavy (non-hydrogen) atoms. The minimum absolute atomic E-state index is 0.0632. The summed E-state index contributed by atoms with van der Waals surface area (Å²) in [6.07, 6.45) is 3.84. The lowest BCUT2D eigenvalue weighted by atomic mass is 10.1. The lowest BCUT2D eigenvalue weighted by molar-refractivity contribution is -0.124. The number of hydrogen-bond acceptors (Lipinski definition) is 4. The highest BCUT2D eigenvalue weighted by Gasteiger charge is 2.25. The van der Waals surface area contributed by atoms with Crippen molar-refractivity contribution in [2.24, 2.45) is 4.99 Å². The van der Waals surface area contributed by atoms with Crippen LogP contribution in [0.15, 0.2) is 59.6 Å². The van der Waals surface area contributed by atoms with Crippen LogP contribution in [0.2, 0.25) is 0 Å². The van der Waals surface area contributed by atoms with Gasteiger partial charge in [0.15, 0.2) is 5.96 Å². The van der Waals surface area contributed by atoms with Crippen LogP contribution in [-0.2, 0) is 22.6 Å². The first kappa shape index (κ1) is 23.3. The molecule has 2 aromatic carbocycles. The van der Waals surface area contributed by atoms with E-state index in [1.54, 1.807) is 7.05 Å². The lowest BCUT2D eigenvalue weighted by Crippen LogP contribution is -2.44. The molecule has 7 nitrogen and oxygen atoms in total. The maximum Gasteiger partial charge on any atom is 0.253 e. The van der Waals surface area contributed by atoms with Crippen LogP contribution in [0.1, 0.15) is 36.8 Å². The van der Waals surface area contributed by atoms with Crippen LogP contribution >= 0.6 is 0 Å². The summed E-state index contributed by atoms with van der Waals surface area (Å²) in [6.45, 7) is 4.28. The summed E-state index contributed by atoms with van der Waals surface area (Å²) >= 11 is 0. The minimum atomic E-state index is -0.327. The molecule has 2 aliphatic heterocycles. The van der Waals surface area contributed by atoms with Gasteiger partial charge >= 0.3 is 0 Å². The van der Waals surface area contributed by atoms with Crippen molar-refractivity contribution in [3.63, 3.8) is 0 Å². The number of hydrogen-bond donors (Lipinski definition) is 3. The molecule has 2 saturated heterocycles. The molecule has 2 unspecified atom stereocenters. The number of carbonyl (C=O) groups is 1. The molecule has 2 aliphatic rings. The van der Waals surface area contributed by atoms with Crippen LogP contribution in [0.25, 0.3) is 0 Å². The predicted octanol–water partition coefficient (Wildman–Crippen LogP) is 3.13. The fourth-order valence-electron chi connectivity index (χ4n) is 4.54. The van der Waals surface area contributed by atoms with E-state index in [0.717, 1.165) is 49.7 Å². The summed E-state index contributed by atoms with van der Waals surface area (Å²) in [4.78, 5) is 19.2. The molecule has 7 heteroatoms. The number of guanidine groups is 1. The molecule has 0 aromatic heterocycles. The van der Waals surface area contributed by atoms with Crippen LogP contribution in [0.3, 0.4) is 0 Å². The topological polar surface area (TPSA) is 78.0 Å². The average molecular weight is 450 g/mol. The van der Waals surface area contributed by atoms with Gasteiger partial charge in [-0.3, -0.25) is 14.7 Å². The monoisotopic (exact) mass is 449 g/mol. The predicted molar refractivity (Wildman–Crippen MR) is 132 cm³/mol. The number of ether oxygens (including phenoxy) is 1. The van der Waals surface area contributed by atoms with Gasteiger partial charge in [0.1, 0.15) is 6.10 Å². The first-order valence-electron chi connectivity index (χ1n) is 11.9. The standard InChI is InChI=1S/C26H35N5O2/c1-27-26(29-18-23-12-6-14-31(23)19-20-8-3-2-4-9-20)28-17-21-10-5-11-22(16-21)30-25(32)24-13-7-15-33-24/h2-5,8-11,16,23-24H,6-7,12-15,17-19H2,1H3,(H,30,32)(H2,27,28,29). The molecule has 2 fully saturated rings. The lowest BCUT2D eigenvalue weighted by Gasteiger charge is -2.25. The van der Waals surface area contributed by atoms with Crippen molar-refractivity contribution in [2.45, 2.75) is 50.9 Å². The SMILES string of the molecule is CN=C(NCc1cccc(NC(=O)C2CCCO2)c1)NCC1CCCN1Cc1ccccc1. The van der Waals surface area contributed by atoms with Gasteiger partial charge in [-0.05, 0) is 55.5 Å². The first-order chi connectivity index (χ1) is 16.2. The summed E-state index contributed by atoms with van der Waals surface area (Å²) in [7, 11) is 1.80. The van der Waals surface area contributed by atoms with Gasteiger partial charge in [0.25, 0.3) is 5.91 Å². The number of nitrogens with one attached hydrogen (secondary N) is 3. The smallest absolute Gasteiger partial charge is 0.253 e. The average Bonchev–Trinajstić information content (AvgIpc) is 3.53. The molecule has 1 amide bonds. The van der Waals surface area contributed by atoms with Gasteiger partial charge in [0.2, 0.25) is 0 Å². The zero-order valence-electron chi connectivity index (χ0n) is 19.4. The summed E-state index contributed by atoms with van der Waals surface area (Å²) < 4.78 is 5.47. The van der Waals surface area contributed by atoms with E-state index >= 15 is 0 Å². The van der Waals surface area contributed by atoms with Crippen LogP contribution < -0.4 is 16.0 Å². The maximum atomic E-state index is 12.3. The van der Waals surface area contributed by atoms with Crippen molar-refractivity contribution in [3.05, 3.63) is 65.7 Å². The first-order valence-corrected chi connectivity index (χ1v) is 11.9. The number of nitrogens with zero attached hydrogens (tertiary/aromatic N) is 2. The van der Waals surface area contributed by atoms with Gasteiger partial charge in [-0.1, -0.05) is 42.5 Å². The van der Waals surface area contributed by atoms with E-state index in [-0.39, 0.29) is 12.0 Å². The Morgan fingerprint density at radius 1 is 1.06 bits per heavy atom. The quantitative estimate of drug-likeness (QED) is 0.426. The molecule has 3 N–H and O–H groups in total. The third-order valence-electron chi connectivity index (χ3n) is 6.33. The van der Waals surface area contributed by atoms with E-state index in [4.69, 9.17) is 4.74 Å². The highest BCUT2D eigenvalue weighted by atomic mass is 16.5. The van der Waals surface area contributed by atoms with Crippen molar-refractivity contribution in [2.75, 3.05) is 32.1 Å². The van der Waals surface area contributed by atoms with Crippen LogP contribution in [0.5, 0.6) is 0 Å². The van der Waals surface area contributed by atoms with Crippen molar-refractivity contribution >= 4 is 17.6 Å². The van der Waals surface area contributed by atoms with E-state index in [9.17, 15) is 4.79 Å². The Morgan fingerprint density at radius 2 is 1.91 bits per heavy atom. The summed E-state index contributed by atoms with van der Waals surface area (Å²) in [5.74, 6) is 0.724. The molecule has 176 valence electrons. The maximum absolute atomic E-state index is 12.3. The molecule has 0 bridgehead atoms. The Morgan fingerprint density at radius 3 is 2.70 bits per heavy atom. The molecule has 0 aliphatic carbocycles. The molecule has 0 saturated carbocycles. The van der Waals surface area contributed by atoms with Gasteiger partial charge in [0, 0.05) is 45.0 Å². The third kappa shape index (κ3) is 6.79. The summed E-state index contributed by atoms with van der Waals surface area (Å²) in [5, 5.41) is 9.85. The highest BCUT2D eigenvalue weighted by molar-refractivity contribution is 5.94. The highest BCUT2D eigenvalue weighted by Crippen LogP contribution is 2.20. The number of aliphatic imine (C=N–C) groups is 1. The van der Waals surface area contributed by atoms with Crippen molar-refractivity contribution in [1.29, 1.82) is 0 Å². The van der Waals surface area contributed by atoms with Gasteiger partial charge in [-0.25, -0.2) is 0 Å². The van der Waals surface area contributed by atoms with Crippen LogP contribution in [0.4, 0.5) is 5.69 Å². The molecule has 2 atom stereocenters. The van der Waals surface area contributed by atoms with Crippen molar-refractivity contribution in [1.82, 2.24) is 15.5 Å². The van der Waals surface area contributed by atoms with Crippen LogP contribution in [-0.4, -0.2) is 55.7 Å². The Balaban J connectivity index is 1.24. The summed E-state index contributed by atoms with van der Waals surface area (Å²) in [6, 6.07) is 19.1. The van der Waals surface area contributed by atoms with Gasteiger partial charge in [-0.15, -0.1) is 0 Å². The fraction of sp³-hybridized carbons (Fsp3) is 0.462. The molecular weight excluding hydrogens is 414 g/mol. The molecule has 4 rings (SSSR count). The molecule has 0 spiro atoms. The number of benzene rings is 2. The van der Waals surface area contributed by atoms with Gasteiger partial charge in [-0.2, -0.15) is 0 Å². The second-order valence-corrected chi connectivity index (χ2v) is 8.75.